The number of nitrogens with one attached hydrogen (secondary N) is 3. The first-order valence-corrected chi connectivity index (χ1v) is 4.82. The molecule has 1 unspecified atom stereocenters. The van der Waals surface area contributed by atoms with Gasteiger partial charge in [0.2, 0.25) is 0 Å². The van der Waals surface area contributed by atoms with Gasteiger partial charge in [-0.2, -0.15) is 0 Å². The minimum Gasteiger partial charge on any atom is -0.314 e. The minimum absolute atomic E-state index is 0.0874. The molecule has 1 aliphatic heterocycles. The molecule has 0 aromatic carbocycles. The third-order valence-electron chi connectivity index (χ3n) is 2.53. The highest BCUT2D eigenvalue weighted by Crippen LogP contribution is 2.18. The Balaban J connectivity index is 2.31. The number of H-pyrrole nitrogens is 2. The van der Waals surface area contributed by atoms with E-state index in [2.05, 4.69) is 15.3 Å². The highest BCUT2D eigenvalue weighted by molar-refractivity contribution is 5.10. The average molecular weight is 195 g/mol. The zero-order chi connectivity index (χ0) is 9.97. The maximum Gasteiger partial charge on any atom is 0.325 e. The summed E-state index contributed by atoms with van der Waals surface area (Å²) in [4.78, 5) is 26.9. The second kappa shape index (κ2) is 3.79. The van der Waals surface area contributed by atoms with E-state index in [4.69, 9.17) is 0 Å². The number of aromatic amines is 2. The average Bonchev–Trinajstić information content (AvgIpc) is 2.19. The molecule has 1 saturated heterocycles. The van der Waals surface area contributed by atoms with Crippen molar-refractivity contribution in [1.82, 2.24) is 15.3 Å². The van der Waals surface area contributed by atoms with Crippen LogP contribution in [0.3, 0.4) is 0 Å². The van der Waals surface area contributed by atoms with Crippen LogP contribution in [0.1, 0.15) is 30.9 Å². The summed E-state index contributed by atoms with van der Waals surface area (Å²) in [6, 6.07) is 0.0874. The normalized spacial score (nSPS) is 22.1. The Morgan fingerprint density at radius 2 is 2.14 bits per heavy atom. The molecule has 1 atom stereocenters. The summed E-state index contributed by atoms with van der Waals surface area (Å²) in [5, 5.41) is 3.25. The van der Waals surface area contributed by atoms with Gasteiger partial charge in [0, 0.05) is 12.2 Å². The molecule has 0 amide bonds. The van der Waals surface area contributed by atoms with Crippen LogP contribution in [-0.4, -0.2) is 16.5 Å². The fraction of sp³-hybridized carbons (Fsp3) is 0.556. The molecule has 1 fully saturated rings. The number of rotatable bonds is 1. The quantitative estimate of drug-likeness (QED) is 0.584. The van der Waals surface area contributed by atoms with Crippen molar-refractivity contribution >= 4 is 0 Å². The summed E-state index contributed by atoms with van der Waals surface area (Å²) in [6.45, 7) is 0.934. The standard InChI is InChI=1S/C9H13N3O2/c13-8-6(5-11-9(14)12-8)7-3-1-2-4-10-7/h5,7,10H,1-4H2,(H2,11,12,13,14). The molecule has 76 valence electrons. The SMILES string of the molecule is O=c1[nH]cc(C2CCCCN2)c(=O)[nH]1. The van der Waals surface area contributed by atoms with Crippen molar-refractivity contribution in [3.05, 3.63) is 32.6 Å². The third-order valence-corrected chi connectivity index (χ3v) is 2.53. The predicted octanol–water partition coefficient (Wildman–Crippen LogP) is -0.122. The third kappa shape index (κ3) is 1.77. The van der Waals surface area contributed by atoms with Gasteiger partial charge < -0.3 is 10.3 Å². The fourth-order valence-corrected chi connectivity index (χ4v) is 1.80. The van der Waals surface area contributed by atoms with Gasteiger partial charge in [0.1, 0.15) is 0 Å². The topological polar surface area (TPSA) is 77.8 Å². The molecule has 5 heteroatoms. The zero-order valence-corrected chi connectivity index (χ0v) is 7.80. The molecule has 14 heavy (non-hydrogen) atoms. The molecule has 2 rings (SSSR count). The van der Waals surface area contributed by atoms with Crippen LogP contribution in [0.5, 0.6) is 0 Å². The number of aromatic nitrogens is 2. The van der Waals surface area contributed by atoms with E-state index in [1.807, 2.05) is 0 Å². The van der Waals surface area contributed by atoms with Crippen molar-refractivity contribution in [2.24, 2.45) is 0 Å². The van der Waals surface area contributed by atoms with Crippen molar-refractivity contribution in [3.63, 3.8) is 0 Å². The lowest BCUT2D eigenvalue weighted by Crippen LogP contribution is -2.34. The lowest BCUT2D eigenvalue weighted by atomic mass is 10.00. The maximum absolute atomic E-state index is 11.4. The van der Waals surface area contributed by atoms with E-state index in [9.17, 15) is 9.59 Å². The van der Waals surface area contributed by atoms with Gasteiger partial charge in [-0.3, -0.25) is 9.78 Å². The minimum atomic E-state index is -0.449. The zero-order valence-electron chi connectivity index (χ0n) is 7.80. The summed E-state index contributed by atoms with van der Waals surface area (Å²) in [6.07, 6.45) is 4.73. The molecule has 5 nitrogen and oxygen atoms in total. The van der Waals surface area contributed by atoms with Crippen LogP contribution in [0.15, 0.2) is 15.8 Å². The van der Waals surface area contributed by atoms with Gasteiger partial charge in [-0.05, 0) is 19.4 Å². The molecule has 3 N–H and O–H groups in total. The highest BCUT2D eigenvalue weighted by atomic mass is 16.2. The number of hydrogen-bond donors (Lipinski definition) is 3. The molecule has 0 saturated carbocycles. The lowest BCUT2D eigenvalue weighted by molar-refractivity contribution is 0.408. The van der Waals surface area contributed by atoms with Crippen molar-refractivity contribution in [3.8, 4) is 0 Å². The van der Waals surface area contributed by atoms with Crippen LogP contribution in [0.4, 0.5) is 0 Å². The predicted molar refractivity (Wildman–Crippen MR) is 52.3 cm³/mol. The van der Waals surface area contributed by atoms with Gasteiger partial charge >= 0.3 is 5.69 Å². The summed E-state index contributed by atoms with van der Waals surface area (Å²) in [5.74, 6) is 0. The summed E-state index contributed by atoms with van der Waals surface area (Å²) >= 11 is 0. The second-order valence-electron chi connectivity index (χ2n) is 3.53. The molecule has 1 aromatic heterocycles. The van der Waals surface area contributed by atoms with Crippen LogP contribution < -0.4 is 16.6 Å². The Bertz CT molecular complexity index is 415. The Hall–Kier alpha value is -1.36. The van der Waals surface area contributed by atoms with Crippen LogP contribution in [0, 0.1) is 0 Å². The summed E-state index contributed by atoms with van der Waals surface area (Å²) in [7, 11) is 0. The molecule has 2 heterocycles. The van der Waals surface area contributed by atoms with E-state index in [0.717, 1.165) is 25.8 Å². The molecular weight excluding hydrogens is 182 g/mol. The molecule has 0 aliphatic carbocycles. The molecule has 0 spiro atoms. The molecule has 0 bridgehead atoms. The van der Waals surface area contributed by atoms with Crippen LogP contribution >= 0.6 is 0 Å². The van der Waals surface area contributed by atoms with Gasteiger partial charge in [0.05, 0.1) is 5.56 Å². The van der Waals surface area contributed by atoms with Gasteiger partial charge in [-0.25, -0.2) is 4.79 Å². The first kappa shape index (κ1) is 9.21. The van der Waals surface area contributed by atoms with E-state index in [0.29, 0.717) is 5.56 Å². The first-order valence-electron chi connectivity index (χ1n) is 4.82. The van der Waals surface area contributed by atoms with Gasteiger partial charge in [-0.15, -0.1) is 0 Å². The molecule has 1 aliphatic rings. The molecule has 0 radical (unpaired) electrons. The smallest absolute Gasteiger partial charge is 0.314 e. The van der Waals surface area contributed by atoms with Crippen molar-refractivity contribution in [1.29, 1.82) is 0 Å². The van der Waals surface area contributed by atoms with Crippen molar-refractivity contribution in [2.75, 3.05) is 6.54 Å². The van der Waals surface area contributed by atoms with Gasteiger partial charge in [0.15, 0.2) is 0 Å². The lowest BCUT2D eigenvalue weighted by Gasteiger charge is -2.22. The van der Waals surface area contributed by atoms with Gasteiger partial charge in [-0.1, -0.05) is 6.42 Å². The monoisotopic (exact) mass is 195 g/mol. The number of hydrogen-bond acceptors (Lipinski definition) is 3. The van der Waals surface area contributed by atoms with E-state index in [1.165, 1.54) is 6.20 Å². The Morgan fingerprint density at radius 3 is 2.79 bits per heavy atom. The van der Waals surface area contributed by atoms with Crippen molar-refractivity contribution in [2.45, 2.75) is 25.3 Å². The van der Waals surface area contributed by atoms with Crippen LogP contribution in [-0.2, 0) is 0 Å². The van der Waals surface area contributed by atoms with Crippen LogP contribution in [0.25, 0.3) is 0 Å². The molecule has 1 aromatic rings. The largest absolute Gasteiger partial charge is 0.325 e. The van der Waals surface area contributed by atoms with Crippen molar-refractivity contribution < 1.29 is 0 Å². The fourth-order valence-electron chi connectivity index (χ4n) is 1.80. The Morgan fingerprint density at radius 1 is 1.29 bits per heavy atom. The Kier molecular flexibility index (Phi) is 2.49. The summed E-state index contributed by atoms with van der Waals surface area (Å²) in [5.41, 5.74) is -0.105. The Labute approximate surface area is 80.6 Å². The summed E-state index contributed by atoms with van der Waals surface area (Å²) < 4.78 is 0. The maximum atomic E-state index is 11.4. The van der Waals surface area contributed by atoms with E-state index >= 15 is 0 Å². The second-order valence-corrected chi connectivity index (χ2v) is 3.53. The van der Waals surface area contributed by atoms with E-state index in [1.54, 1.807) is 0 Å². The number of piperidine rings is 1. The van der Waals surface area contributed by atoms with E-state index in [-0.39, 0.29) is 11.6 Å². The highest BCUT2D eigenvalue weighted by Gasteiger charge is 2.17. The van der Waals surface area contributed by atoms with Crippen LogP contribution in [0.2, 0.25) is 0 Å². The molecular formula is C9H13N3O2. The van der Waals surface area contributed by atoms with E-state index < -0.39 is 5.69 Å². The first-order chi connectivity index (χ1) is 6.77. The van der Waals surface area contributed by atoms with Gasteiger partial charge in [0.25, 0.3) is 5.56 Å².